The molecule has 1 aliphatic carbocycles. The molecule has 0 aromatic heterocycles. The van der Waals surface area contributed by atoms with Crippen molar-refractivity contribution < 1.29 is 42.2 Å². The number of carbonyl (C=O) groups excluding carboxylic acids is 1. The predicted octanol–water partition coefficient (Wildman–Crippen LogP) is 5.29. The second-order valence-electron chi connectivity index (χ2n) is 6.60. The normalized spacial score (nSPS) is 21.3. The molecule has 1 aromatic carbocycles. The third-order valence-corrected chi connectivity index (χ3v) is 3.64. The fourth-order valence-electron chi connectivity index (χ4n) is 2.77. The molecule has 0 spiro atoms. The van der Waals surface area contributed by atoms with Crippen LogP contribution >= 0.6 is 0 Å². The van der Waals surface area contributed by atoms with Crippen molar-refractivity contribution in [1.29, 1.82) is 0 Å². The summed E-state index contributed by atoms with van der Waals surface area (Å²) >= 11 is 0. The number of hydrogen-bond acceptors (Lipinski definition) is 3. The zero-order valence-electron chi connectivity index (χ0n) is 14.0. The molecule has 0 radical (unpaired) electrons. The monoisotopic (exact) mass is 389 g/mol. The molecule has 0 fully saturated rings. The Labute approximate surface area is 164 Å². The Bertz CT molecular complexity index is 552. The van der Waals surface area contributed by atoms with Crippen LogP contribution in [0.2, 0.25) is 0 Å². The van der Waals surface area contributed by atoms with Gasteiger partial charge in [0.1, 0.15) is 5.60 Å². The topological polar surface area (TPSA) is 62.1 Å². The first-order valence-electron chi connectivity index (χ1n) is 7.67. The van der Waals surface area contributed by atoms with Crippen molar-refractivity contribution >= 4 is 11.8 Å². The Morgan fingerprint density at radius 2 is 2.04 bits per heavy atom. The number of benzene rings is 1. The maximum atomic E-state index is 9.90. The molecule has 2 aliphatic rings. The van der Waals surface area contributed by atoms with Gasteiger partial charge in [-0.05, 0) is 44.7 Å². The van der Waals surface area contributed by atoms with Crippen molar-refractivity contribution in [3.8, 4) is 0 Å². The van der Waals surface area contributed by atoms with Crippen molar-refractivity contribution in [3.63, 3.8) is 0 Å². The van der Waals surface area contributed by atoms with Gasteiger partial charge in [0, 0.05) is 5.69 Å². The molecule has 2 N–H and O–H groups in total. The zero-order chi connectivity index (χ0) is 16.2. The molecule has 1 heterocycles. The van der Waals surface area contributed by atoms with E-state index in [0.717, 1.165) is 0 Å². The van der Waals surface area contributed by atoms with E-state index in [1.54, 1.807) is 20.8 Å². The number of anilines is 1. The molecule has 3 rings (SSSR count). The van der Waals surface area contributed by atoms with E-state index in [0.29, 0.717) is 11.8 Å². The van der Waals surface area contributed by atoms with Crippen LogP contribution in [0.1, 0.15) is 45.1 Å². The van der Waals surface area contributed by atoms with Crippen molar-refractivity contribution in [2.75, 3.05) is 5.32 Å². The molecular weight excluding hydrogens is 365 g/mol. The molecule has 2 atom stereocenters. The minimum atomic E-state index is -0.975. The van der Waals surface area contributed by atoms with Crippen molar-refractivity contribution in [2.45, 2.75) is 45.1 Å². The predicted molar refractivity (Wildman–Crippen MR) is 89.5 cm³/mol. The van der Waals surface area contributed by atoms with E-state index in [-0.39, 0.29) is 32.7 Å². The minimum Gasteiger partial charge on any atom is -0.632 e. The molecule has 1 aromatic rings. The molecule has 1 amide bonds. The molecule has 0 bridgehead atoms. The Hall–Kier alpha value is -0.866. The molecule has 23 heavy (non-hydrogen) atoms. The van der Waals surface area contributed by atoms with Gasteiger partial charge in [-0.1, -0.05) is 36.8 Å². The first kappa shape index (κ1) is 20.2. The molecule has 0 saturated heterocycles. The van der Waals surface area contributed by atoms with E-state index in [9.17, 15) is 4.79 Å². The van der Waals surface area contributed by atoms with E-state index in [4.69, 9.17) is 5.73 Å². The van der Waals surface area contributed by atoms with E-state index in [1.165, 1.54) is 24.1 Å². The number of hydrogen-bond donors (Lipinski definition) is 1. The van der Waals surface area contributed by atoms with Gasteiger partial charge in [0.25, 0.3) is 0 Å². The third kappa shape index (κ3) is 6.27. The number of nitrogens with one attached hydrogen (secondary N) is 2. The maximum Gasteiger partial charge on any atom is 3.00 e. The van der Waals surface area contributed by atoms with Gasteiger partial charge >= 0.3 is 32.7 Å². The maximum absolute atomic E-state index is 9.90. The summed E-state index contributed by atoms with van der Waals surface area (Å²) in [6, 6.07) is 8.62. The molecule has 0 saturated carbocycles. The van der Waals surface area contributed by atoms with Crippen LogP contribution in [0, 0.1) is 12.5 Å². The molecule has 1 aliphatic heterocycles. The summed E-state index contributed by atoms with van der Waals surface area (Å²) in [5.41, 5.74) is 8.59. The Morgan fingerprint density at radius 3 is 2.65 bits per heavy atom. The largest absolute Gasteiger partial charge is 3.00 e. The van der Waals surface area contributed by atoms with Crippen molar-refractivity contribution in [3.05, 3.63) is 54.3 Å². The van der Waals surface area contributed by atoms with Crippen LogP contribution in [-0.4, -0.2) is 11.7 Å². The van der Waals surface area contributed by atoms with E-state index in [1.807, 2.05) is 0 Å². The molecule has 4 nitrogen and oxygen atoms in total. The Morgan fingerprint density at radius 1 is 1.35 bits per heavy atom. The summed E-state index contributed by atoms with van der Waals surface area (Å²) in [7, 11) is 0. The van der Waals surface area contributed by atoms with Gasteiger partial charge in [-0.3, -0.25) is 4.79 Å². The van der Waals surface area contributed by atoms with Crippen LogP contribution in [0.15, 0.2) is 36.4 Å². The van der Waals surface area contributed by atoms with Crippen LogP contribution in [0.3, 0.4) is 0 Å². The van der Waals surface area contributed by atoms with Gasteiger partial charge < -0.3 is 15.8 Å². The fraction of sp³-hybridized carbons (Fsp3) is 0.444. The summed E-state index contributed by atoms with van der Waals surface area (Å²) in [5, 5.41) is 3.40. The van der Waals surface area contributed by atoms with Gasteiger partial charge in [-0.15, -0.1) is 5.92 Å². The van der Waals surface area contributed by atoms with Crippen molar-refractivity contribution in [1.82, 2.24) is 0 Å². The van der Waals surface area contributed by atoms with E-state index in [2.05, 4.69) is 53.0 Å². The molecule has 5 heteroatoms. The first-order chi connectivity index (χ1) is 10.4. The second kappa shape index (κ2) is 8.84. The summed E-state index contributed by atoms with van der Waals surface area (Å²) in [6.45, 7) is 7.43. The van der Waals surface area contributed by atoms with Gasteiger partial charge in [0.05, 0.1) is 0 Å². The molecule has 2 unspecified atom stereocenters. The number of allylic oxidation sites excluding steroid dienone is 2. The van der Waals surface area contributed by atoms with Crippen LogP contribution in [-0.2, 0) is 37.4 Å². The molecule has 120 valence electrons. The quantitative estimate of drug-likeness (QED) is 0.484. The third-order valence-electron chi connectivity index (χ3n) is 3.64. The smallest absolute Gasteiger partial charge is 0.632 e. The average Bonchev–Trinajstić information content (AvgIpc) is 2.45. The van der Waals surface area contributed by atoms with Gasteiger partial charge in [-0.25, -0.2) is 6.54 Å². The number of carbonyl (C=O) groups is 1. The van der Waals surface area contributed by atoms with Crippen LogP contribution in [0.25, 0.3) is 5.73 Å². The summed E-state index contributed by atoms with van der Waals surface area (Å²) in [4.78, 5) is 9.90. The van der Waals surface area contributed by atoms with Gasteiger partial charge in [0.2, 0.25) is 6.09 Å². The Kier molecular flexibility index (Phi) is 7.75. The van der Waals surface area contributed by atoms with E-state index >= 15 is 0 Å². The van der Waals surface area contributed by atoms with Crippen LogP contribution in [0.4, 0.5) is 10.5 Å². The number of para-hydroxylation sites is 1. The van der Waals surface area contributed by atoms with Gasteiger partial charge in [0.15, 0.2) is 0 Å². The summed E-state index contributed by atoms with van der Waals surface area (Å²) in [5.74, 6) is 1.30. The first-order valence-corrected chi connectivity index (χ1v) is 7.67. The van der Waals surface area contributed by atoms with Crippen LogP contribution in [0.5, 0.6) is 0 Å². The minimum absolute atomic E-state index is 0. The van der Waals surface area contributed by atoms with Crippen LogP contribution < -0.4 is 5.32 Å². The second-order valence-corrected chi connectivity index (χ2v) is 6.60. The average molecular weight is 389 g/mol. The summed E-state index contributed by atoms with van der Waals surface area (Å²) < 4.78 is 4.47. The number of rotatable bonds is 0. The van der Waals surface area contributed by atoms with Crippen molar-refractivity contribution in [2.24, 2.45) is 5.92 Å². The molecular formula is C18H24N2O2Y+. The Balaban J connectivity index is 0.000000258. The van der Waals surface area contributed by atoms with E-state index < -0.39 is 11.7 Å². The standard InChI is InChI=1S/C13H14N.C5H11NO2.Y/c1-2-6-11-10(5-1)9-14-13-8-4-3-7-12(11)13;1-5(2,3)8-4(6)7;/h2-4,6-11,14H,1,5H2;1-3H3,(H2,6,7);/q-1;;+3/p-1. The SMILES string of the molecule is C1=CC2c3ccccc3N[CH-]C2CC1.CC(C)(C)OC([NH-])=O.[Y+3]. The number of amides is 1. The number of ether oxygens (including phenoxy) is 1. The fourth-order valence-corrected chi connectivity index (χ4v) is 2.77. The van der Waals surface area contributed by atoms with Gasteiger partial charge in [-0.2, -0.15) is 0 Å². The summed E-state index contributed by atoms with van der Waals surface area (Å²) in [6.07, 6.45) is 6.21. The zero-order valence-corrected chi connectivity index (χ0v) is 16.8. The number of fused-ring (bicyclic) bond motifs is 3.